The number of benzene rings is 2. The highest BCUT2D eigenvalue weighted by Crippen LogP contribution is 2.35. The molecule has 0 spiro atoms. The fourth-order valence-corrected chi connectivity index (χ4v) is 2.64. The van der Waals surface area contributed by atoms with Gasteiger partial charge in [0.1, 0.15) is 22.8 Å². The maximum atomic E-state index is 12.7. The smallest absolute Gasteiger partial charge is 0.197 e. The second-order valence-corrected chi connectivity index (χ2v) is 6.40. The maximum Gasteiger partial charge on any atom is 0.197 e. The van der Waals surface area contributed by atoms with Crippen LogP contribution < -0.4 is 4.74 Å². The number of phenolic OH excluding ortho intramolecular Hbond substituents is 4. The van der Waals surface area contributed by atoms with E-state index in [4.69, 9.17) is 14.6 Å². The van der Waals surface area contributed by atoms with E-state index in [1.807, 2.05) is 0 Å². The number of hydrogen-bond donors (Lipinski definition) is 5. The van der Waals surface area contributed by atoms with E-state index in [0.29, 0.717) is 5.56 Å². The predicted octanol–water partition coefficient (Wildman–Crippen LogP) is 2.45. The number of aliphatic hydroxyl groups excluding tert-OH is 1. The third-order valence-electron chi connectivity index (χ3n) is 4.00. The zero-order valence-corrected chi connectivity index (χ0v) is 15.6. The first-order chi connectivity index (χ1) is 13.2. The Morgan fingerprint density at radius 2 is 1.71 bits per heavy atom. The van der Waals surface area contributed by atoms with Gasteiger partial charge < -0.3 is 35.0 Å². The third-order valence-corrected chi connectivity index (χ3v) is 4.00. The molecule has 0 radical (unpaired) electrons. The van der Waals surface area contributed by atoms with Crippen molar-refractivity contribution >= 4 is 5.78 Å². The maximum absolute atomic E-state index is 12.7. The van der Waals surface area contributed by atoms with Crippen LogP contribution in [0.1, 0.15) is 36.2 Å². The number of aromatic hydroxyl groups is 4. The topological polar surface area (TPSA) is 137 Å². The van der Waals surface area contributed by atoms with Crippen LogP contribution in [0, 0.1) is 0 Å². The molecule has 2 atom stereocenters. The van der Waals surface area contributed by atoms with Crippen LogP contribution in [0.5, 0.6) is 28.7 Å². The Morgan fingerprint density at radius 1 is 1.00 bits per heavy atom. The summed E-state index contributed by atoms with van der Waals surface area (Å²) in [6.07, 6.45) is -1.10. The summed E-state index contributed by atoms with van der Waals surface area (Å²) in [5.41, 5.74) is 0.519. The van der Waals surface area contributed by atoms with Crippen molar-refractivity contribution in [1.29, 1.82) is 0 Å². The molecule has 0 saturated carbocycles. The van der Waals surface area contributed by atoms with E-state index in [2.05, 4.69) is 0 Å². The van der Waals surface area contributed by atoms with Gasteiger partial charge in [-0.25, -0.2) is 0 Å². The first kappa shape index (κ1) is 21.3. The van der Waals surface area contributed by atoms with Crippen LogP contribution in [0.4, 0.5) is 0 Å². The summed E-state index contributed by atoms with van der Waals surface area (Å²) in [4.78, 5) is 12.7. The molecule has 2 aromatic rings. The third kappa shape index (κ3) is 5.51. The minimum atomic E-state index is -0.844. The number of hydrogen-bond acceptors (Lipinski definition) is 8. The molecule has 0 bridgehead atoms. The summed E-state index contributed by atoms with van der Waals surface area (Å²) >= 11 is 0. The SMILES string of the molecule is CC(CO)OC(C)Oc1cc(O)cc(O)c1C(=O)CCc1ccc(O)c(O)c1. The number of aryl methyl sites for hydroxylation is 1. The van der Waals surface area contributed by atoms with E-state index in [9.17, 15) is 25.2 Å². The lowest BCUT2D eigenvalue weighted by molar-refractivity contribution is -0.114. The van der Waals surface area contributed by atoms with Gasteiger partial charge in [-0.05, 0) is 38.0 Å². The van der Waals surface area contributed by atoms with Crippen molar-refractivity contribution in [3.63, 3.8) is 0 Å². The average Bonchev–Trinajstić information content (AvgIpc) is 2.61. The number of phenols is 4. The molecule has 0 heterocycles. The quantitative estimate of drug-likeness (QED) is 0.249. The molecule has 0 aliphatic heterocycles. The lowest BCUT2D eigenvalue weighted by Crippen LogP contribution is -2.25. The molecule has 2 unspecified atom stereocenters. The normalized spacial score (nSPS) is 13.1. The Bertz CT molecular complexity index is 833. The molecule has 28 heavy (non-hydrogen) atoms. The molecular weight excluding hydrogens is 368 g/mol. The van der Waals surface area contributed by atoms with Crippen LogP contribution in [0.15, 0.2) is 30.3 Å². The number of Topliss-reactive ketones (excluding diaryl/α,β-unsaturated/α-hetero) is 1. The first-order valence-electron chi connectivity index (χ1n) is 8.74. The summed E-state index contributed by atoms with van der Waals surface area (Å²) < 4.78 is 10.9. The molecular formula is C20H24O8. The van der Waals surface area contributed by atoms with Gasteiger partial charge in [-0.2, -0.15) is 0 Å². The summed E-state index contributed by atoms with van der Waals surface area (Å²) in [5, 5.41) is 47.8. The van der Waals surface area contributed by atoms with Gasteiger partial charge in [-0.15, -0.1) is 0 Å². The van der Waals surface area contributed by atoms with Crippen LogP contribution in [0.2, 0.25) is 0 Å². The second-order valence-electron chi connectivity index (χ2n) is 6.40. The van der Waals surface area contributed by atoms with E-state index in [1.165, 1.54) is 18.2 Å². The van der Waals surface area contributed by atoms with Gasteiger partial charge in [-0.3, -0.25) is 4.79 Å². The van der Waals surface area contributed by atoms with Crippen molar-refractivity contribution in [2.24, 2.45) is 0 Å². The first-order valence-corrected chi connectivity index (χ1v) is 8.74. The lowest BCUT2D eigenvalue weighted by atomic mass is 10.0. The number of carbonyl (C=O) groups is 1. The fraction of sp³-hybridized carbons (Fsp3) is 0.350. The Hall–Kier alpha value is -2.97. The zero-order valence-electron chi connectivity index (χ0n) is 15.6. The molecule has 0 aliphatic carbocycles. The van der Waals surface area contributed by atoms with Crippen molar-refractivity contribution in [3.05, 3.63) is 41.5 Å². The van der Waals surface area contributed by atoms with Crippen molar-refractivity contribution in [2.45, 2.75) is 39.1 Å². The van der Waals surface area contributed by atoms with E-state index in [0.717, 1.165) is 6.07 Å². The highest BCUT2D eigenvalue weighted by Gasteiger charge is 2.21. The van der Waals surface area contributed by atoms with Crippen molar-refractivity contribution in [1.82, 2.24) is 0 Å². The van der Waals surface area contributed by atoms with Gasteiger partial charge in [-0.1, -0.05) is 6.07 Å². The number of carbonyl (C=O) groups excluding carboxylic acids is 1. The minimum Gasteiger partial charge on any atom is -0.508 e. The number of ether oxygens (including phenoxy) is 2. The fourth-order valence-electron chi connectivity index (χ4n) is 2.64. The molecule has 0 aromatic heterocycles. The summed E-state index contributed by atoms with van der Waals surface area (Å²) in [6, 6.07) is 6.48. The van der Waals surface area contributed by atoms with Gasteiger partial charge in [0, 0.05) is 18.6 Å². The van der Waals surface area contributed by atoms with Gasteiger partial charge in [0.15, 0.2) is 23.6 Å². The van der Waals surface area contributed by atoms with Crippen molar-refractivity contribution in [2.75, 3.05) is 6.61 Å². The molecule has 2 rings (SSSR count). The van der Waals surface area contributed by atoms with E-state index in [1.54, 1.807) is 19.9 Å². The largest absolute Gasteiger partial charge is 0.508 e. The van der Waals surface area contributed by atoms with E-state index < -0.39 is 23.9 Å². The molecule has 5 N–H and O–H groups in total. The average molecular weight is 392 g/mol. The standard InChI is InChI=1S/C20H24O8/c1-11(10-21)27-12(2)28-19-9-14(22)8-18(26)20(19)16(24)6-4-13-3-5-15(23)17(25)7-13/h3,5,7-9,11-12,21-23,25-26H,4,6,10H2,1-2H3. The minimum absolute atomic E-state index is 0.0127. The Balaban J connectivity index is 2.18. The molecule has 0 aliphatic rings. The number of ketones is 1. The van der Waals surface area contributed by atoms with Gasteiger partial charge >= 0.3 is 0 Å². The monoisotopic (exact) mass is 392 g/mol. The van der Waals surface area contributed by atoms with Gasteiger partial charge in [0.05, 0.1) is 12.7 Å². The predicted molar refractivity (Wildman–Crippen MR) is 99.9 cm³/mol. The molecule has 2 aromatic carbocycles. The summed E-state index contributed by atoms with van der Waals surface area (Å²) in [6.45, 7) is 2.98. The van der Waals surface area contributed by atoms with Crippen LogP contribution in [-0.4, -0.2) is 50.3 Å². The van der Waals surface area contributed by atoms with Crippen molar-refractivity contribution < 1.29 is 39.8 Å². The summed E-state index contributed by atoms with van der Waals surface area (Å²) in [7, 11) is 0. The van der Waals surface area contributed by atoms with E-state index in [-0.39, 0.29) is 48.0 Å². The molecule has 152 valence electrons. The summed E-state index contributed by atoms with van der Waals surface area (Å²) in [5.74, 6) is -1.75. The Labute approximate surface area is 162 Å². The molecule has 8 nitrogen and oxygen atoms in total. The molecule has 0 amide bonds. The van der Waals surface area contributed by atoms with Crippen LogP contribution >= 0.6 is 0 Å². The molecule has 0 saturated heterocycles. The highest BCUT2D eigenvalue weighted by molar-refractivity contribution is 6.01. The molecule has 8 heteroatoms. The van der Waals surface area contributed by atoms with Crippen molar-refractivity contribution in [3.8, 4) is 28.7 Å². The van der Waals surface area contributed by atoms with E-state index >= 15 is 0 Å². The Morgan fingerprint density at radius 3 is 2.36 bits per heavy atom. The number of aliphatic hydroxyl groups is 1. The Kier molecular flexibility index (Phi) is 7.08. The van der Waals surface area contributed by atoms with Crippen LogP contribution in [0.25, 0.3) is 0 Å². The lowest BCUT2D eigenvalue weighted by Gasteiger charge is -2.21. The number of rotatable bonds is 9. The van der Waals surface area contributed by atoms with Crippen LogP contribution in [0.3, 0.4) is 0 Å². The second kappa shape index (κ2) is 9.29. The van der Waals surface area contributed by atoms with Gasteiger partial charge in [0.2, 0.25) is 0 Å². The molecule has 0 fully saturated rings. The highest BCUT2D eigenvalue weighted by atomic mass is 16.7. The van der Waals surface area contributed by atoms with Gasteiger partial charge in [0.25, 0.3) is 0 Å². The zero-order chi connectivity index (χ0) is 20.8. The van der Waals surface area contributed by atoms with Crippen LogP contribution in [-0.2, 0) is 11.2 Å².